The average Bonchev–Trinajstić information content (AvgIpc) is 1.87. The Morgan fingerprint density at radius 3 is 2.60 bits per heavy atom. The maximum Gasteiger partial charge on any atom is 0.00692 e. The van der Waals surface area contributed by atoms with Gasteiger partial charge in [0.1, 0.15) is 0 Å². The van der Waals surface area contributed by atoms with Crippen LogP contribution in [0.3, 0.4) is 0 Å². The van der Waals surface area contributed by atoms with E-state index in [9.17, 15) is 0 Å². The molecule has 58 valence electrons. The van der Waals surface area contributed by atoms with Crippen LogP contribution in [0.15, 0.2) is 0 Å². The minimum absolute atomic E-state index is 0.816. The predicted molar refractivity (Wildman–Crippen MR) is 50.0 cm³/mol. The third kappa shape index (κ3) is 7.91. The second kappa shape index (κ2) is 7.02. The summed E-state index contributed by atoms with van der Waals surface area (Å²) in [7, 11) is 0. The zero-order valence-electron chi connectivity index (χ0n) is 7.11. The van der Waals surface area contributed by atoms with Crippen molar-refractivity contribution in [3.8, 4) is 11.2 Å². The SMILES string of the molecule is CCC#CSCCC(C)C. The van der Waals surface area contributed by atoms with Crippen LogP contribution in [0.4, 0.5) is 0 Å². The van der Waals surface area contributed by atoms with Crippen molar-refractivity contribution in [3.05, 3.63) is 0 Å². The molecule has 0 unspecified atom stereocenters. The molecule has 0 saturated carbocycles. The first kappa shape index (κ1) is 9.91. The Labute approximate surface area is 68.8 Å². The molecule has 0 saturated heterocycles. The topological polar surface area (TPSA) is 0 Å². The van der Waals surface area contributed by atoms with Crippen LogP contribution in [0.25, 0.3) is 0 Å². The molecule has 0 bridgehead atoms. The quantitative estimate of drug-likeness (QED) is 0.447. The van der Waals surface area contributed by atoms with Crippen LogP contribution in [-0.2, 0) is 0 Å². The molecule has 0 aliphatic carbocycles. The Morgan fingerprint density at radius 1 is 1.40 bits per heavy atom. The van der Waals surface area contributed by atoms with Gasteiger partial charge in [0, 0.05) is 12.2 Å². The fourth-order valence-electron chi connectivity index (χ4n) is 0.469. The minimum atomic E-state index is 0.816. The Bertz CT molecular complexity index is 116. The molecular formula is C9H16S. The van der Waals surface area contributed by atoms with E-state index < -0.39 is 0 Å². The van der Waals surface area contributed by atoms with E-state index in [1.807, 2.05) is 0 Å². The lowest BCUT2D eigenvalue weighted by atomic mass is 10.2. The summed E-state index contributed by atoms with van der Waals surface area (Å²) < 4.78 is 0. The molecule has 0 aliphatic rings. The van der Waals surface area contributed by atoms with Gasteiger partial charge in [-0.3, -0.25) is 0 Å². The van der Waals surface area contributed by atoms with Gasteiger partial charge in [-0.2, -0.15) is 0 Å². The third-order valence-corrected chi connectivity index (χ3v) is 1.85. The molecule has 0 N–H and O–H groups in total. The van der Waals surface area contributed by atoms with Gasteiger partial charge in [0.2, 0.25) is 0 Å². The Kier molecular flexibility index (Phi) is 6.96. The lowest BCUT2D eigenvalue weighted by Crippen LogP contribution is -1.87. The molecule has 0 rings (SSSR count). The molecule has 0 nitrogen and oxygen atoms in total. The van der Waals surface area contributed by atoms with Gasteiger partial charge in [0.05, 0.1) is 0 Å². The standard InChI is InChI=1S/C9H16S/c1-4-5-7-10-8-6-9(2)3/h9H,4,6,8H2,1-3H3. The monoisotopic (exact) mass is 156 g/mol. The molecule has 0 fully saturated rings. The summed E-state index contributed by atoms with van der Waals surface area (Å²) in [6.07, 6.45) is 2.26. The maximum atomic E-state index is 3.06. The molecule has 0 aromatic heterocycles. The van der Waals surface area contributed by atoms with Gasteiger partial charge in [-0.25, -0.2) is 0 Å². The van der Waals surface area contributed by atoms with E-state index in [1.54, 1.807) is 11.8 Å². The molecule has 1 heteroatoms. The van der Waals surface area contributed by atoms with E-state index in [1.165, 1.54) is 12.2 Å². The van der Waals surface area contributed by atoms with Crippen LogP contribution in [0, 0.1) is 17.1 Å². The predicted octanol–water partition coefficient (Wildman–Crippen LogP) is 3.14. The Balaban J connectivity index is 3.05. The van der Waals surface area contributed by atoms with Crippen molar-refractivity contribution in [2.24, 2.45) is 5.92 Å². The van der Waals surface area contributed by atoms with Gasteiger partial charge < -0.3 is 0 Å². The van der Waals surface area contributed by atoms with Gasteiger partial charge in [-0.15, -0.1) is 0 Å². The zero-order valence-corrected chi connectivity index (χ0v) is 7.92. The minimum Gasteiger partial charge on any atom is -0.0916 e. The zero-order chi connectivity index (χ0) is 7.82. The van der Waals surface area contributed by atoms with Gasteiger partial charge in [-0.1, -0.05) is 38.5 Å². The smallest absolute Gasteiger partial charge is 0.00692 e. The highest BCUT2D eigenvalue weighted by atomic mass is 32.2. The summed E-state index contributed by atoms with van der Waals surface area (Å²) in [5, 5.41) is 3.06. The fraction of sp³-hybridized carbons (Fsp3) is 0.778. The van der Waals surface area contributed by atoms with Crippen LogP contribution >= 0.6 is 11.8 Å². The van der Waals surface area contributed by atoms with Crippen molar-refractivity contribution in [2.75, 3.05) is 5.75 Å². The van der Waals surface area contributed by atoms with E-state index in [-0.39, 0.29) is 0 Å². The first-order chi connectivity index (χ1) is 4.77. The molecule has 0 aromatic rings. The summed E-state index contributed by atoms with van der Waals surface area (Å²) in [5.74, 6) is 5.04. The Hall–Kier alpha value is -0.0900. The lowest BCUT2D eigenvalue weighted by molar-refractivity contribution is 0.632. The molecule has 10 heavy (non-hydrogen) atoms. The second-order valence-corrected chi connectivity index (χ2v) is 3.56. The molecular weight excluding hydrogens is 140 g/mol. The molecule has 0 aromatic carbocycles. The largest absolute Gasteiger partial charge is 0.0916 e. The number of hydrogen-bond acceptors (Lipinski definition) is 1. The first-order valence-corrected chi connectivity index (χ1v) is 4.85. The summed E-state index contributed by atoms with van der Waals surface area (Å²) in [4.78, 5) is 0. The van der Waals surface area contributed by atoms with Crippen LogP contribution in [-0.4, -0.2) is 5.75 Å². The summed E-state index contributed by atoms with van der Waals surface area (Å²) in [5.41, 5.74) is 0. The summed E-state index contributed by atoms with van der Waals surface area (Å²) in [6, 6.07) is 0. The van der Waals surface area contributed by atoms with Crippen molar-refractivity contribution in [3.63, 3.8) is 0 Å². The lowest BCUT2D eigenvalue weighted by Gasteiger charge is -1.98. The molecule has 0 aliphatic heterocycles. The molecule has 0 radical (unpaired) electrons. The highest BCUT2D eigenvalue weighted by Crippen LogP contribution is 2.06. The second-order valence-electron chi connectivity index (χ2n) is 2.66. The summed E-state index contributed by atoms with van der Waals surface area (Å²) >= 11 is 1.75. The molecule has 0 heterocycles. The summed E-state index contributed by atoms with van der Waals surface area (Å²) in [6.45, 7) is 6.57. The number of hydrogen-bond donors (Lipinski definition) is 0. The van der Waals surface area contributed by atoms with E-state index >= 15 is 0 Å². The van der Waals surface area contributed by atoms with E-state index in [4.69, 9.17) is 0 Å². The highest BCUT2D eigenvalue weighted by molar-refractivity contribution is 8.03. The fourth-order valence-corrected chi connectivity index (χ4v) is 1.41. The molecule has 0 atom stereocenters. The highest BCUT2D eigenvalue weighted by Gasteiger charge is 1.90. The van der Waals surface area contributed by atoms with Crippen LogP contribution in [0.5, 0.6) is 0 Å². The van der Waals surface area contributed by atoms with E-state index in [2.05, 4.69) is 31.9 Å². The van der Waals surface area contributed by atoms with Crippen LogP contribution < -0.4 is 0 Å². The van der Waals surface area contributed by atoms with Crippen molar-refractivity contribution >= 4 is 11.8 Å². The van der Waals surface area contributed by atoms with Gasteiger partial charge in [0.25, 0.3) is 0 Å². The van der Waals surface area contributed by atoms with Crippen LogP contribution in [0.2, 0.25) is 0 Å². The first-order valence-electron chi connectivity index (χ1n) is 3.87. The Morgan fingerprint density at radius 2 is 2.10 bits per heavy atom. The third-order valence-electron chi connectivity index (χ3n) is 1.12. The van der Waals surface area contributed by atoms with Gasteiger partial charge in [-0.05, 0) is 17.6 Å². The normalized spacial score (nSPS) is 9.20. The van der Waals surface area contributed by atoms with Crippen molar-refractivity contribution in [2.45, 2.75) is 33.6 Å². The maximum absolute atomic E-state index is 3.06. The van der Waals surface area contributed by atoms with Crippen molar-refractivity contribution in [1.29, 1.82) is 0 Å². The van der Waals surface area contributed by atoms with E-state index in [0.717, 1.165) is 12.3 Å². The van der Waals surface area contributed by atoms with E-state index in [0.29, 0.717) is 0 Å². The van der Waals surface area contributed by atoms with Crippen LogP contribution in [0.1, 0.15) is 33.6 Å². The number of thioether (sulfide) groups is 1. The van der Waals surface area contributed by atoms with Crippen molar-refractivity contribution in [1.82, 2.24) is 0 Å². The van der Waals surface area contributed by atoms with Gasteiger partial charge >= 0.3 is 0 Å². The van der Waals surface area contributed by atoms with Gasteiger partial charge in [0.15, 0.2) is 0 Å². The number of rotatable bonds is 3. The van der Waals surface area contributed by atoms with Crippen molar-refractivity contribution < 1.29 is 0 Å². The molecule has 0 spiro atoms. The average molecular weight is 156 g/mol. The molecule has 0 amide bonds.